The number of aryl methyl sites for hydroxylation is 1. The molecule has 0 unspecified atom stereocenters. The molecular formula is C15H18N2O4. The lowest BCUT2D eigenvalue weighted by Gasteiger charge is -2.34. The molecule has 1 N–H and O–H groups in total. The van der Waals surface area contributed by atoms with E-state index in [1.165, 1.54) is 4.90 Å². The molecule has 1 fully saturated rings. The zero-order valence-corrected chi connectivity index (χ0v) is 11.9. The molecule has 0 aromatic heterocycles. The summed E-state index contributed by atoms with van der Waals surface area (Å²) >= 11 is 0. The SMILES string of the molecule is Cc1cccc(C(=O)N2CCN(C(=O)CC(=O)O)CC2)c1. The second-order valence-electron chi connectivity index (χ2n) is 5.11. The van der Waals surface area contributed by atoms with Gasteiger partial charge in [-0.15, -0.1) is 0 Å². The number of carboxylic acid groups (broad SMARTS) is 1. The normalized spacial score (nSPS) is 14.9. The lowest BCUT2D eigenvalue weighted by molar-refractivity contribution is -0.144. The van der Waals surface area contributed by atoms with Gasteiger partial charge in [-0.25, -0.2) is 0 Å². The first-order chi connectivity index (χ1) is 9.97. The Bertz CT molecular complexity index is 563. The van der Waals surface area contributed by atoms with Crippen molar-refractivity contribution in [2.45, 2.75) is 13.3 Å². The van der Waals surface area contributed by atoms with E-state index in [0.717, 1.165) is 5.56 Å². The van der Waals surface area contributed by atoms with Crippen LogP contribution in [-0.4, -0.2) is 58.9 Å². The monoisotopic (exact) mass is 290 g/mol. The number of carboxylic acids is 1. The van der Waals surface area contributed by atoms with E-state index in [2.05, 4.69) is 0 Å². The summed E-state index contributed by atoms with van der Waals surface area (Å²) in [6, 6.07) is 7.38. The Morgan fingerprint density at radius 1 is 1.10 bits per heavy atom. The molecule has 1 aromatic rings. The average Bonchev–Trinajstić information content (AvgIpc) is 2.46. The predicted molar refractivity (Wildman–Crippen MR) is 75.9 cm³/mol. The molecule has 2 amide bonds. The minimum atomic E-state index is -1.13. The van der Waals surface area contributed by atoms with Gasteiger partial charge in [0.05, 0.1) is 0 Å². The topological polar surface area (TPSA) is 77.9 Å². The van der Waals surface area contributed by atoms with E-state index in [4.69, 9.17) is 5.11 Å². The van der Waals surface area contributed by atoms with Gasteiger partial charge in [0.2, 0.25) is 5.91 Å². The number of nitrogens with zero attached hydrogens (tertiary/aromatic N) is 2. The van der Waals surface area contributed by atoms with Crippen LogP contribution < -0.4 is 0 Å². The molecule has 0 aliphatic carbocycles. The van der Waals surface area contributed by atoms with Crippen molar-refractivity contribution in [3.63, 3.8) is 0 Å². The number of rotatable bonds is 3. The fraction of sp³-hybridized carbons (Fsp3) is 0.400. The zero-order valence-electron chi connectivity index (χ0n) is 11.9. The number of carbonyl (C=O) groups excluding carboxylic acids is 2. The summed E-state index contributed by atoms with van der Waals surface area (Å²) in [6.07, 6.45) is -0.494. The van der Waals surface area contributed by atoms with Crippen LogP contribution in [0.2, 0.25) is 0 Å². The van der Waals surface area contributed by atoms with Crippen molar-refractivity contribution in [1.82, 2.24) is 9.80 Å². The molecule has 1 aliphatic rings. The third-order valence-electron chi connectivity index (χ3n) is 3.49. The van der Waals surface area contributed by atoms with E-state index < -0.39 is 18.3 Å². The molecule has 6 nitrogen and oxygen atoms in total. The van der Waals surface area contributed by atoms with E-state index in [0.29, 0.717) is 31.7 Å². The van der Waals surface area contributed by atoms with E-state index in [9.17, 15) is 14.4 Å². The van der Waals surface area contributed by atoms with Crippen molar-refractivity contribution >= 4 is 17.8 Å². The summed E-state index contributed by atoms with van der Waals surface area (Å²) in [6.45, 7) is 3.54. The number of benzene rings is 1. The van der Waals surface area contributed by atoms with Crippen LogP contribution in [0.4, 0.5) is 0 Å². The number of hydrogen-bond acceptors (Lipinski definition) is 3. The minimum Gasteiger partial charge on any atom is -0.481 e. The Morgan fingerprint density at radius 3 is 2.29 bits per heavy atom. The summed E-state index contributed by atoms with van der Waals surface area (Å²) in [7, 11) is 0. The standard InChI is InChI=1S/C15H18N2O4/c1-11-3-2-4-12(9-11)15(21)17-7-5-16(6-8-17)13(18)10-14(19)20/h2-4,9H,5-8,10H2,1H3,(H,19,20). The highest BCUT2D eigenvalue weighted by Crippen LogP contribution is 2.11. The fourth-order valence-corrected chi connectivity index (χ4v) is 2.36. The van der Waals surface area contributed by atoms with Crippen LogP contribution in [0.25, 0.3) is 0 Å². The maximum atomic E-state index is 12.3. The maximum Gasteiger partial charge on any atom is 0.312 e. The molecule has 21 heavy (non-hydrogen) atoms. The fourth-order valence-electron chi connectivity index (χ4n) is 2.36. The second-order valence-corrected chi connectivity index (χ2v) is 5.11. The quantitative estimate of drug-likeness (QED) is 0.833. The molecule has 1 heterocycles. The van der Waals surface area contributed by atoms with E-state index in [-0.39, 0.29) is 5.91 Å². The highest BCUT2D eigenvalue weighted by molar-refractivity contribution is 5.95. The molecule has 1 aliphatic heterocycles. The Labute approximate surface area is 123 Å². The largest absolute Gasteiger partial charge is 0.481 e. The van der Waals surface area contributed by atoms with Crippen molar-refractivity contribution in [3.8, 4) is 0 Å². The lowest BCUT2D eigenvalue weighted by atomic mass is 10.1. The molecule has 0 bridgehead atoms. The first kappa shape index (κ1) is 15.0. The van der Waals surface area contributed by atoms with Gasteiger partial charge in [-0.1, -0.05) is 17.7 Å². The van der Waals surface area contributed by atoms with Gasteiger partial charge >= 0.3 is 5.97 Å². The highest BCUT2D eigenvalue weighted by Gasteiger charge is 2.25. The Balaban J connectivity index is 1.93. The maximum absolute atomic E-state index is 12.3. The Kier molecular flexibility index (Phi) is 4.57. The van der Waals surface area contributed by atoms with Crippen LogP contribution >= 0.6 is 0 Å². The van der Waals surface area contributed by atoms with Gasteiger partial charge < -0.3 is 14.9 Å². The van der Waals surface area contributed by atoms with Crippen LogP contribution in [0.15, 0.2) is 24.3 Å². The molecule has 1 saturated heterocycles. The van der Waals surface area contributed by atoms with E-state index in [1.54, 1.807) is 11.0 Å². The molecular weight excluding hydrogens is 272 g/mol. The molecule has 1 aromatic carbocycles. The average molecular weight is 290 g/mol. The smallest absolute Gasteiger partial charge is 0.312 e. The van der Waals surface area contributed by atoms with Gasteiger partial charge in [-0.3, -0.25) is 14.4 Å². The number of piperazine rings is 1. The predicted octanol–water partition coefficient (Wildman–Crippen LogP) is 0.754. The Morgan fingerprint density at radius 2 is 1.71 bits per heavy atom. The highest BCUT2D eigenvalue weighted by atomic mass is 16.4. The summed E-state index contributed by atoms with van der Waals surface area (Å²) in [5, 5.41) is 8.62. The lowest BCUT2D eigenvalue weighted by Crippen LogP contribution is -2.50. The third kappa shape index (κ3) is 3.81. The summed E-state index contributed by atoms with van der Waals surface area (Å²) < 4.78 is 0. The molecule has 6 heteroatoms. The zero-order chi connectivity index (χ0) is 15.4. The molecule has 0 saturated carbocycles. The molecule has 0 spiro atoms. The minimum absolute atomic E-state index is 0.0518. The molecule has 2 rings (SSSR count). The van der Waals surface area contributed by atoms with Gasteiger partial charge in [-0.2, -0.15) is 0 Å². The van der Waals surface area contributed by atoms with Crippen LogP contribution in [0.1, 0.15) is 22.3 Å². The van der Waals surface area contributed by atoms with Gasteiger partial charge in [0.1, 0.15) is 6.42 Å². The summed E-state index contributed by atoms with van der Waals surface area (Å²) in [5.74, 6) is -1.58. The molecule has 0 atom stereocenters. The second kappa shape index (κ2) is 6.39. The van der Waals surface area contributed by atoms with Crippen molar-refractivity contribution in [2.24, 2.45) is 0 Å². The first-order valence-corrected chi connectivity index (χ1v) is 6.83. The van der Waals surface area contributed by atoms with Gasteiger partial charge in [0.25, 0.3) is 5.91 Å². The summed E-state index contributed by atoms with van der Waals surface area (Å²) in [4.78, 5) is 37.7. The third-order valence-corrected chi connectivity index (χ3v) is 3.49. The Hall–Kier alpha value is -2.37. The number of hydrogen-bond donors (Lipinski definition) is 1. The van der Waals surface area contributed by atoms with Crippen molar-refractivity contribution in [3.05, 3.63) is 35.4 Å². The van der Waals surface area contributed by atoms with Crippen molar-refractivity contribution in [1.29, 1.82) is 0 Å². The van der Waals surface area contributed by atoms with Gasteiger partial charge in [0, 0.05) is 31.7 Å². The molecule has 0 radical (unpaired) electrons. The number of carbonyl (C=O) groups is 3. The van der Waals surface area contributed by atoms with Gasteiger partial charge in [-0.05, 0) is 19.1 Å². The van der Waals surface area contributed by atoms with E-state index in [1.807, 2.05) is 25.1 Å². The number of amides is 2. The van der Waals surface area contributed by atoms with Crippen LogP contribution in [0.3, 0.4) is 0 Å². The van der Waals surface area contributed by atoms with Crippen LogP contribution in [0, 0.1) is 6.92 Å². The van der Waals surface area contributed by atoms with Crippen LogP contribution in [-0.2, 0) is 9.59 Å². The van der Waals surface area contributed by atoms with Crippen molar-refractivity contribution < 1.29 is 19.5 Å². The molecule has 112 valence electrons. The number of aliphatic carboxylic acids is 1. The van der Waals surface area contributed by atoms with E-state index >= 15 is 0 Å². The first-order valence-electron chi connectivity index (χ1n) is 6.83. The van der Waals surface area contributed by atoms with Crippen molar-refractivity contribution in [2.75, 3.05) is 26.2 Å². The van der Waals surface area contributed by atoms with Crippen LogP contribution in [0.5, 0.6) is 0 Å². The summed E-state index contributed by atoms with van der Waals surface area (Å²) in [5.41, 5.74) is 1.66. The van der Waals surface area contributed by atoms with Gasteiger partial charge in [0.15, 0.2) is 0 Å².